The van der Waals surface area contributed by atoms with E-state index in [9.17, 15) is 9.90 Å². The summed E-state index contributed by atoms with van der Waals surface area (Å²) < 4.78 is 22.6. The fourth-order valence-corrected chi connectivity index (χ4v) is 5.54. The summed E-state index contributed by atoms with van der Waals surface area (Å²) >= 11 is 0. The van der Waals surface area contributed by atoms with Crippen molar-refractivity contribution in [2.45, 2.75) is 30.9 Å². The van der Waals surface area contributed by atoms with Crippen molar-refractivity contribution in [1.29, 1.82) is 0 Å². The van der Waals surface area contributed by atoms with Crippen LogP contribution in [0.4, 0.5) is 0 Å². The van der Waals surface area contributed by atoms with E-state index < -0.39 is 5.72 Å². The number of hydrogen-bond acceptors (Lipinski definition) is 6. The van der Waals surface area contributed by atoms with Crippen molar-refractivity contribution >= 4 is 12.0 Å². The van der Waals surface area contributed by atoms with Crippen molar-refractivity contribution in [3.8, 4) is 23.0 Å². The number of aliphatic hydroxyl groups excluding tert-OH is 1. The first-order valence-corrected chi connectivity index (χ1v) is 11.0. The predicted octanol–water partition coefficient (Wildman–Crippen LogP) is 4.34. The molecule has 2 N–H and O–H groups in total. The number of allylic oxidation sites excluding steroid dienone is 1. The van der Waals surface area contributed by atoms with Gasteiger partial charge in [0, 0.05) is 29.4 Å². The maximum atomic E-state index is 13.2. The summed E-state index contributed by atoms with van der Waals surface area (Å²) in [6.07, 6.45) is 5.89. The van der Waals surface area contributed by atoms with Gasteiger partial charge in [0.05, 0.1) is 26.9 Å². The summed E-state index contributed by atoms with van der Waals surface area (Å²) in [6, 6.07) is 11.3. The van der Waals surface area contributed by atoms with Crippen LogP contribution in [0.25, 0.3) is 6.08 Å². The number of amides is 1. The molecule has 1 amide bonds. The Morgan fingerprint density at radius 2 is 1.91 bits per heavy atom. The minimum atomic E-state index is -0.698. The topological polar surface area (TPSA) is 86.3 Å². The van der Waals surface area contributed by atoms with Gasteiger partial charge in [0.25, 0.3) is 5.91 Å². The number of aliphatic hydroxyl groups is 1. The molecule has 5 rings (SSSR count). The van der Waals surface area contributed by atoms with E-state index >= 15 is 0 Å². The van der Waals surface area contributed by atoms with Gasteiger partial charge >= 0.3 is 0 Å². The number of carbonyl (C=O) groups excluding carboxylic acids is 1. The summed E-state index contributed by atoms with van der Waals surface area (Å²) in [6.45, 7) is 0. The molecule has 1 saturated heterocycles. The molecule has 1 aliphatic carbocycles. The lowest BCUT2D eigenvalue weighted by Gasteiger charge is -2.49. The number of fused-ring (bicyclic) bond motifs is 2. The van der Waals surface area contributed by atoms with Crippen molar-refractivity contribution in [2.24, 2.45) is 5.92 Å². The normalized spacial score (nSPS) is 26.7. The molecule has 0 spiro atoms. The van der Waals surface area contributed by atoms with E-state index in [1.807, 2.05) is 24.3 Å². The van der Waals surface area contributed by atoms with Gasteiger partial charge in [-0.25, -0.2) is 0 Å². The summed E-state index contributed by atoms with van der Waals surface area (Å²) in [5.74, 6) is 1.70. The average Bonchev–Trinajstić information content (AvgIpc) is 3.25. The maximum Gasteiger partial charge on any atom is 0.254 e. The van der Waals surface area contributed by atoms with E-state index in [1.165, 1.54) is 7.11 Å². The van der Waals surface area contributed by atoms with Crippen LogP contribution in [0.1, 0.15) is 36.3 Å². The highest BCUT2D eigenvalue weighted by Crippen LogP contribution is 2.57. The van der Waals surface area contributed by atoms with E-state index in [0.717, 1.165) is 30.6 Å². The van der Waals surface area contributed by atoms with Gasteiger partial charge in [-0.05, 0) is 43.2 Å². The molecule has 0 aromatic heterocycles. The molecule has 2 aliphatic heterocycles. The molecular formula is C26H27NO6. The molecule has 2 fully saturated rings. The van der Waals surface area contributed by atoms with Crippen molar-refractivity contribution in [2.75, 3.05) is 21.3 Å². The minimum Gasteiger partial charge on any atom is -0.507 e. The number of nitrogens with one attached hydrogen (secondary N) is 1. The number of ether oxygens (including phenoxy) is 4. The van der Waals surface area contributed by atoms with Gasteiger partial charge in [0.2, 0.25) is 5.75 Å². The fourth-order valence-electron chi connectivity index (χ4n) is 5.54. The number of methoxy groups -OCH3 is 3. The minimum absolute atomic E-state index is 0.0752. The third kappa shape index (κ3) is 3.22. The lowest BCUT2D eigenvalue weighted by atomic mass is 9.70. The average molecular weight is 450 g/mol. The molecule has 0 unspecified atom stereocenters. The monoisotopic (exact) mass is 449 g/mol. The van der Waals surface area contributed by atoms with Gasteiger partial charge in [-0.1, -0.05) is 18.2 Å². The largest absolute Gasteiger partial charge is 0.507 e. The summed E-state index contributed by atoms with van der Waals surface area (Å²) in [5, 5.41) is 14.2. The zero-order valence-corrected chi connectivity index (χ0v) is 18.9. The Hall–Kier alpha value is -3.61. The van der Waals surface area contributed by atoms with Gasteiger partial charge in [0.15, 0.2) is 17.2 Å². The Kier molecular flexibility index (Phi) is 5.19. The van der Waals surface area contributed by atoms with Crippen molar-refractivity contribution in [3.05, 3.63) is 64.9 Å². The highest BCUT2D eigenvalue weighted by atomic mass is 16.5. The summed E-state index contributed by atoms with van der Waals surface area (Å²) in [5.41, 5.74) is 1.29. The Morgan fingerprint density at radius 1 is 1.12 bits per heavy atom. The SMILES string of the molecule is COc1ccc(/C=C/C(O)=C2/C(=O)N[C@@]34CCC[C@@H]3[C@H]2c2ccccc2O4)c(OC)c1OC. The van der Waals surface area contributed by atoms with Gasteiger partial charge in [-0.3, -0.25) is 4.79 Å². The van der Waals surface area contributed by atoms with Gasteiger partial charge in [-0.15, -0.1) is 0 Å². The van der Waals surface area contributed by atoms with Crippen LogP contribution in [0.15, 0.2) is 53.8 Å². The molecule has 2 heterocycles. The molecular weight excluding hydrogens is 422 g/mol. The van der Waals surface area contributed by atoms with Crippen LogP contribution in [-0.4, -0.2) is 38.1 Å². The molecule has 3 atom stereocenters. The van der Waals surface area contributed by atoms with E-state index in [4.69, 9.17) is 18.9 Å². The molecule has 7 heteroatoms. The molecule has 7 nitrogen and oxygen atoms in total. The first kappa shape index (κ1) is 21.2. The van der Waals surface area contributed by atoms with Crippen LogP contribution in [0.2, 0.25) is 0 Å². The van der Waals surface area contributed by atoms with E-state index in [0.29, 0.717) is 28.4 Å². The second kappa shape index (κ2) is 8.06. The zero-order valence-electron chi connectivity index (χ0n) is 18.9. The van der Waals surface area contributed by atoms with Crippen LogP contribution in [0.3, 0.4) is 0 Å². The Bertz CT molecular complexity index is 1170. The van der Waals surface area contributed by atoms with Crippen molar-refractivity contribution in [3.63, 3.8) is 0 Å². The third-order valence-electron chi connectivity index (χ3n) is 6.92. The number of benzene rings is 2. The number of piperidine rings is 1. The van der Waals surface area contributed by atoms with Crippen LogP contribution < -0.4 is 24.3 Å². The van der Waals surface area contributed by atoms with Crippen LogP contribution in [0.5, 0.6) is 23.0 Å². The molecule has 2 bridgehead atoms. The van der Waals surface area contributed by atoms with E-state index in [2.05, 4.69) is 5.32 Å². The molecule has 3 aliphatic rings. The van der Waals surface area contributed by atoms with Crippen LogP contribution >= 0.6 is 0 Å². The van der Waals surface area contributed by atoms with Crippen LogP contribution in [-0.2, 0) is 4.79 Å². The molecule has 33 heavy (non-hydrogen) atoms. The van der Waals surface area contributed by atoms with Crippen molar-refractivity contribution in [1.82, 2.24) is 5.32 Å². The first-order chi connectivity index (χ1) is 16.0. The number of para-hydroxylation sites is 1. The summed E-state index contributed by atoms with van der Waals surface area (Å²) in [4.78, 5) is 13.2. The second-order valence-corrected chi connectivity index (χ2v) is 8.52. The Balaban J connectivity index is 1.59. The fraction of sp³-hybridized carbons (Fsp3) is 0.346. The van der Waals surface area contributed by atoms with Gasteiger partial charge < -0.3 is 29.4 Å². The number of hydrogen-bond donors (Lipinski definition) is 2. The third-order valence-corrected chi connectivity index (χ3v) is 6.92. The summed E-state index contributed by atoms with van der Waals surface area (Å²) in [7, 11) is 4.63. The van der Waals surface area contributed by atoms with E-state index in [-0.39, 0.29) is 23.5 Å². The lowest BCUT2D eigenvalue weighted by molar-refractivity contribution is -0.132. The smallest absolute Gasteiger partial charge is 0.254 e. The van der Waals surface area contributed by atoms with Gasteiger partial charge in [-0.2, -0.15) is 0 Å². The molecule has 2 aromatic rings. The molecule has 172 valence electrons. The lowest BCUT2D eigenvalue weighted by Crippen LogP contribution is -2.63. The van der Waals surface area contributed by atoms with Crippen LogP contribution in [0, 0.1) is 5.92 Å². The molecule has 1 saturated carbocycles. The first-order valence-electron chi connectivity index (χ1n) is 11.0. The highest BCUT2D eigenvalue weighted by molar-refractivity contribution is 5.98. The highest BCUT2D eigenvalue weighted by Gasteiger charge is 2.59. The van der Waals surface area contributed by atoms with Gasteiger partial charge in [0.1, 0.15) is 11.5 Å². The predicted molar refractivity (Wildman–Crippen MR) is 123 cm³/mol. The number of rotatable bonds is 5. The Labute approximate surface area is 192 Å². The molecule has 0 radical (unpaired) electrons. The quantitative estimate of drug-likeness (QED) is 0.522. The zero-order chi connectivity index (χ0) is 23.2. The standard InChI is InChI=1S/C26H27NO6/c1-30-20-13-11-15(23(31-2)24(20)32-3)10-12-18(28)22-21-16-7-4-5-9-19(16)33-26(27-25(22)29)14-6-8-17(21)26/h4-5,7,9-13,17,21,28H,6,8,14H2,1-3H3,(H,27,29)/b12-10+,22-18-/t17-,21-,26-/m1/s1. The Morgan fingerprint density at radius 3 is 2.67 bits per heavy atom. The van der Waals surface area contributed by atoms with Crippen molar-refractivity contribution < 1.29 is 28.8 Å². The maximum absolute atomic E-state index is 13.2. The van der Waals surface area contributed by atoms with E-state index in [1.54, 1.807) is 38.5 Å². The number of carbonyl (C=O) groups is 1. The second-order valence-electron chi connectivity index (χ2n) is 8.52. The molecule has 2 aromatic carbocycles.